The molecule has 3 rings (SSSR count). The lowest BCUT2D eigenvalue weighted by Gasteiger charge is -2.13. The molecule has 7 heteroatoms. The van der Waals surface area contributed by atoms with Gasteiger partial charge in [0.2, 0.25) is 5.91 Å². The fourth-order valence-corrected chi connectivity index (χ4v) is 2.99. The Morgan fingerprint density at radius 3 is 2.37 bits per heavy atom. The summed E-state index contributed by atoms with van der Waals surface area (Å²) in [5.74, 6) is -0.0184. The number of rotatable bonds is 10. The molecule has 0 fully saturated rings. The number of esters is 1. The normalized spacial score (nSPS) is 12.1. The number of hydrogen-bond acceptors (Lipinski definition) is 6. The zero-order valence-electron chi connectivity index (χ0n) is 17.2. The predicted octanol–water partition coefficient (Wildman–Crippen LogP) is 3.80. The van der Waals surface area contributed by atoms with Crippen LogP contribution >= 0.6 is 0 Å². The van der Waals surface area contributed by atoms with Crippen LogP contribution in [0.3, 0.4) is 0 Å². The fourth-order valence-electron chi connectivity index (χ4n) is 2.99. The Morgan fingerprint density at radius 1 is 0.933 bits per heavy atom. The van der Waals surface area contributed by atoms with Crippen LogP contribution in [-0.2, 0) is 16.0 Å². The second kappa shape index (κ2) is 9.91. The van der Waals surface area contributed by atoms with E-state index >= 15 is 0 Å². The van der Waals surface area contributed by atoms with E-state index in [1.54, 1.807) is 36.4 Å². The maximum absolute atomic E-state index is 12.4. The summed E-state index contributed by atoms with van der Waals surface area (Å²) in [7, 11) is 0. The zero-order valence-corrected chi connectivity index (χ0v) is 17.2. The summed E-state index contributed by atoms with van der Waals surface area (Å²) in [5, 5.41) is 2.71. The molecule has 1 aliphatic heterocycles. The highest BCUT2D eigenvalue weighted by atomic mass is 16.5. The van der Waals surface area contributed by atoms with Crippen LogP contribution in [0.2, 0.25) is 0 Å². The van der Waals surface area contributed by atoms with Crippen molar-refractivity contribution in [2.75, 3.05) is 25.1 Å². The van der Waals surface area contributed by atoms with E-state index in [9.17, 15) is 14.4 Å². The molecule has 1 heterocycles. The number of ether oxygens (including phenoxy) is 3. The van der Waals surface area contributed by atoms with E-state index in [1.807, 2.05) is 13.8 Å². The molecule has 0 atom stereocenters. The Kier molecular flexibility index (Phi) is 7.06. The third-order valence-corrected chi connectivity index (χ3v) is 4.49. The third kappa shape index (κ3) is 5.17. The van der Waals surface area contributed by atoms with Gasteiger partial charge in [-0.2, -0.15) is 0 Å². The molecule has 0 aromatic heterocycles. The van der Waals surface area contributed by atoms with E-state index in [2.05, 4.69) is 5.32 Å². The molecule has 0 aliphatic carbocycles. The van der Waals surface area contributed by atoms with Crippen molar-refractivity contribution in [2.45, 2.75) is 33.1 Å². The van der Waals surface area contributed by atoms with E-state index in [0.29, 0.717) is 36.0 Å². The van der Waals surface area contributed by atoms with E-state index < -0.39 is 12.6 Å². The lowest BCUT2D eigenvalue weighted by molar-refractivity contribution is -0.115. The fraction of sp³-hybridized carbons (Fsp3) is 0.348. The van der Waals surface area contributed by atoms with Gasteiger partial charge in [-0.3, -0.25) is 9.59 Å². The first-order valence-corrected chi connectivity index (χ1v) is 10.0. The number of ketones is 1. The Hall–Kier alpha value is -3.35. The van der Waals surface area contributed by atoms with Crippen LogP contribution in [0.5, 0.6) is 11.5 Å². The van der Waals surface area contributed by atoms with E-state index in [4.69, 9.17) is 14.2 Å². The molecule has 158 valence electrons. The number of carbonyl (C=O) groups is 3. The van der Waals surface area contributed by atoms with Gasteiger partial charge in [-0.15, -0.1) is 0 Å². The quantitative estimate of drug-likeness (QED) is 0.472. The highest BCUT2D eigenvalue weighted by molar-refractivity contribution is 6.03. The monoisotopic (exact) mass is 411 g/mol. The van der Waals surface area contributed by atoms with Gasteiger partial charge in [-0.1, -0.05) is 13.8 Å². The van der Waals surface area contributed by atoms with Gasteiger partial charge in [0.05, 0.1) is 25.2 Å². The molecular formula is C23H25NO6. The third-order valence-electron chi connectivity index (χ3n) is 4.49. The summed E-state index contributed by atoms with van der Waals surface area (Å²) in [6.07, 6.45) is 1.91. The van der Waals surface area contributed by atoms with Crippen molar-refractivity contribution in [1.82, 2.24) is 0 Å². The summed E-state index contributed by atoms with van der Waals surface area (Å²) in [6.45, 7) is 4.64. The minimum absolute atomic E-state index is 0.103. The molecule has 1 aliphatic rings. The minimum Gasteiger partial charge on any atom is -0.490 e. The highest BCUT2D eigenvalue weighted by Gasteiger charge is 2.20. The van der Waals surface area contributed by atoms with Crippen LogP contribution in [0.25, 0.3) is 0 Å². The molecule has 2 aromatic carbocycles. The molecule has 7 nitrogen and oxygen atoms in total. The van der Waals surface area contributed by atoms with Crippen LogP contribution in [0.4, 0.5) is 5.69 Å². The van der Waals surface area contributed by atoms with Crippen LogP contribution in [0.1, 0.15) is 53.0 Å². The number of nitrogens with one attached hydrogen (secondary N) is 1. The molecule has 0 bridgehead atoms. The van der Waals surface area contributed by atoms with Gasteiger partial charge in [0.25, 0.3) is 0 Å². The number of hydrogen-bond donors (Lipinski definition) is 1. The highest BCUT2D eigenvalue weighted by Crippen LogP contribution is 2.29. The number of amides is 1. The lowest BCUT2D eigenvalue weighted by Crippen LogP contribution is -2.14. The topological polar surface area (TPSA) is 90.9 Å². The second-order valence-corrected chi connectivity index (χ2v) is 6.95. The van der Waals surface area contributed by atoms with Crippen LogP contribution < -0.4 is 14.8 Å². The van der Waals surface area contributed by atoms with Gasteiger partial charge in [-0.25, -0.2) is 4.79 Å². The number of anilines is 1. The Balaban J connectivity index is 1.64. The van der Waals surface area contributed by atoms with Gasteiger partial charge in [0.1, 0.15) is 0 Å². The average Bonchev–Trinajstić information content (AvgIpc) is 3.13. The Labute approximate surface area is 175 Å². The second-order valence-electron chi connectivity index (χ2n) is 6.95. The number of carbonyl (C=O) groups excluding carboxylic acids is 3. The molecule has 1 amide bonds. The summed E-state index contributed by atoms with van der Waals surface area (Å²) in [6, 6.07) is 9.77. The van der Waals surface area contributed by atoms with E-state index in [-0.39, 0.29) is 23.7 Å². The number of benzene rings is 2. The zero-order chi connectivity index (χ0) is 21.5. The summed E-state index contributed by atoms with van der Waals surface area (Å²) >= 11 is 0. The van der Waals surface area contributed by atoms with Crippen LogP contribution in [0, 0.1) is 0 Å². The average molecular weight is 411 g/mol. The van der Waals surface area contributed by atoms with Crippen molar-refractivity contribution in [1.29, 1.82) is 0 Å². The summed E-state index contributed by atoms with van der Waals surface area (Å²) in [4.78, 5) is 36.3. The first-order chi connectivity index (χ1) is 14.5. The van der Waals surface area contributed by atoms with Crippen molar-refractivity contribution in [2.24, 2.45) is 0 Å². The summed E-state index contributed by atoms with van der Waals surface area (Å²) in [5.41, 5.74) is 2.14. The van der Waals surface area contributed by atoms with Gasteiger partial charge >= 0.3 is 5.97 Å². The molecule has 0 saturated carbocycles. The molecule has 1 N–H and O–H groups in total. The Bertz CT molecular complexity index is 953. The minimum atomic E-state index is -0.621. The lowest BCUT2D eigenvalue weighted by atomic mass is 10.1. The smallest absolute Gasteiger partial charge is 0.338 e. The maximum Gasteiger partial charge on any atom is 0.338 e. The molecule has 0 unspecified atom stereocenters. The van der Waals surface area contributed by atoms with Gasteiger partial charge < -0.3 is 19.5 Å². The Morgan fingerprint density at radius 2 is 1.63 bits per heavy atom. The molecular weight excluding hydrogens is 386 g/mol. The first-order valence-electron chi connectivity index (χ1n) is 10.0. The maximum atomic E-state index is 12.4. The first kappa shape index (κ1) is 21.4. The predicted molar refractivity (Wildman–Crippen MR) is 111 cm³/mol. The van der Waals surface area contributed by atoms with Crippen molar-refractivity contribution in [3.05, 3.63) is 53.1 Å². The standard InChI is InChI=1S/C23H25NO6/c1-3-9-28-20-8-6-16(12-21(20)29-10-4-2)23(27)30-14-19(25)15-5-7-18-17(11-15)13-22(26)24-18/h5-8,11-12H,3-4,9-10,13-14H2,1-2H3,(H,24,26). The summed E-state index contributed by atoms with van der Waals surface area (Å²) < 4.78 is 16.5. The molecule has 0 spiro atoms. The number of Topliss-reactive ketones (excluding diaryl/α,β-unsaturated/α-hetero) is 1. The van der Waals surface area contributed by atoms with Crippen molar-refractivity contribution >= 4 is 23.3 Å². The van der Waals surface area contributed by atoms with E-state index in [0.717, 1.165) is 18.4 Å². The van der Waals surface area contributed by atoms with Gasteiger partial charge in [0.15, 0.2) is 23.9 Å². The molecule has 30 heavy (non-hydrogen) atoms. The molecule has 2 aromatic rings. The van der Waals surface area contributed by atoms with Crippen molar-refractivity contribution in [3.8, 4) is 11.5 Å². The van der Waals surface area contributed by atoms with Crippen LogP contribution in [-0.4, -0.2) is 37.5 Å². The van der Waals surface area contributed by atoms with Crippen molar-refractivity contribution < 1.29 is 28.6 Å². The van der Waals surface area contributed by atoms with Crippen molar-refractivity contribution in [3.63, 3.8) is 0 Å². The SMILES string of the molecule is CCCOc1ccc(C(=O)OCC(=O)c2ccc3c(c2)CC(=O)N3)cc1OCCC. The van der Waals surface area contributed by atoms with Gasteiger partial charge in [0, 0.05) is 11.3 Å². The molecule has 0 saturated heterocycles. The van der Waals surface area contributed by atoms with Gasteiger partial charge in [-0.05, 0) is 54.8 Å². The molecule has 0 radical (unpaired) electrons. The number of fused-ring (bicyclic) bond motifs is 1. The van der Waals surface area contributed by atoms with Crippen LogP contribution in [0.15, 0.2) is 36.4 Å². The largest absolute Gasteiger partial charge is 0.490 e. The van der Waals surface area contributed by atoms with E-state index in [1.165, 1.54) is 0 Å².